The number of aliphatic hydroxyl groups is 3. The molecule has 0 saturated carbocycles. The predicted molar refractivity (Wildman–Crippen MR) is 155 cm³/mol. The summed E-state index contributed by atoms with van der Waals surface area (Å²) in [5.41, 5.74) is 3.67. The molecule has 3 aliphatic rings. The van der Waals surface area contributed by atoms with E-state index >= 15 is 0 Å². The van der Waals surface area contributed by atoms with Crippen molar-refractivity contribution in [3.8, 4) is 0 Å². The maximum absolute atomic E-state index is 13.7. The van der Waals surface area contributed by atoms with Crippen molar-refractivity contribution in [1.29, 1.82) is 0 Å². The smallest absolute Gasteiger partial charge is 0.395 e. The lowest BCUT2D eigenvalue weighted by Crippen LogP contribution is -2.53. The molecule has 1 aromatic carbocycles. The lowest BCUT2D eigenvalue weighted by Gasteiger charge is -2.34. The molecule has 230 valence electrons. The molecule has 0 bridgehead atoms. The molecular weight excluding hydrogens is 589 g/mol. The van der Waals surface area contributed by atoms with Crippen LogP contribution in [0.4, 0.5) is 0 Å². The standard InChI is InChI=1S/C26H36N5O9PS/c1-25(2,15-32)23(35)42-12-11-38-41(37,28-13-16-7-5-4-6-8-16)39-14-18-19(33)26(3,36)22(40-18)31-10-9-17-20(31)29-24(27)30-21(17)34/h4-10,17-19,22,32-33,36H,11-15H2,1-3H3,(H,28,37)(H2,27,30,34)/t17?,18-,19?,22-,26+,41?/m1/s1. The topological polar surface area (TPSA) is 206 Å². The summed E-state index contributed by atoms with van der Waals surface area (Å²) >= 11 is 0.940. The summed E-state index contributed by atoms with van der Waals surface area (Å²) in [5, 5.41) is 34.1. The number of nitrogens with two attached hydrogens (primary N) is 1. The number of ether oxygens (including phenoxy) is 1. The number of aliphatic imine (C=N–C) groups is 2. The molecule has 6 N–H and O–H groups in total. The first kappa shape index (κ1) is 32.5. The molecule has 4 rings (SSSR count). The average Bonchev–Trinajstić information content (AvgIpc) is 3.47. The molecular formula is C26H36N5O9PS. The van der Waals surface area contributed by atoms with Crippen molar-refractivity contribution >= 4 is 42.3 Å². The third kappa shape index (κ3) is 7.18. The Bertz CT molecular complexity index is 1310. The maximum atomic E-state index is 13.7. The van der Waals surface area contributed by atoms with Crippen LogP contribution in [0.3, 0.4) is 0 Å². The number of fused-ring (bicyclic) bond motifs is 1. The van der Waals surface area contributed by atoms with Gasteiger partial charge in [0.1, 0.15) is 29.6 Å². The number of carbonyl (C=O) groups excluding carboxylic acids is 2. The molecule has 6 atom stereocenters. The SMILES string of the molecule is CC(C)(CO)C(=O)SCCOP(=O)(NCc1ccccc1)OC[C@H]1O[C@@H](N2C=CC3C(=O)N=C(N)N=C32)[C@@](C)(O)C1O. The van der Waals surface area contributed by atoms with E-state index in [1.165, 1.54) is 24.1 Å². The first-order valence-corrected chi connectivity index (χ1v) is 15.8. The van der Waals surface area contributed by atoms with Crippen molar-refractivity contribution < 1.29 is 43.3 Å². The zero-order chi connectivity index (χ0) is 30.7. The third-order valence-electron chi connectivity index (χ3n) is 6.96. The molecule has 1 fully saturated rings. The number of thioether (sulfide) groups is 1. The van der Waals surface area contributed by atoms with Crippen molar-refractivity contribution in [1.82, 2.24) is 9.99 Å². The molecule has 3 unspecified atom stereocenters. The van der Waals surface area contributed by atoms with Gasteiger partial charge < -0.3 is 30.7 Å². The molecule has 1 amide bonds. The van der Waals surface area contributed by atoms with Gasteiger partial charge in [-0.2, -0.15) is 9.98 Å². The third-order valence-corrected chi connectivity index (χ3v) is 9.71. The summed E-state index contributed by atoms with van der Waals surface area (Å²) in [7, 11) is -4.02. The fraction of sp³-hybridized carbons (Fsp3) is 0.538. The number of hydrogen-bond donors (Lipinski definition) is 5. The van der Waals surface area contributed by atoms with Crippen LogP contribution in [-0.2, 0) is 34.5 Å². The second-order valence-corrected chi connectivity index (χ2v) is 13.7. The fourth-order valence-corrected chi connectivity index (χ4v) is 6.60. The minimum absolute atomic E-state index is 0.123. The molecule has 3 aliphatic heterocycles. The number of guanidine groups is 1. The van der Waals surface area contributed by atoms with Crippen LogP contribution in [-0.4, -0.2) is 92.6 Å². The van der Waals surface area contributed by atoms with Crippen LogP contribution in [0.25, 0.3) is 0 Å². The molecule has 14 nitrogen and oxygen atoms in total. The Kier molecular flexibility index (Phi) is 10.1. The number of aliphatic hydroxyl groups excluding tert-OH is 2. The molecule has 3 heterocycles. The normalized spacial score (nSPS) is 28.8. The molecule has 0 aromatic heterocycles. The summed E-state index contributed by atoms with van der Waals surface area (Å²) in [6.45, 7) is 3.85. The van der Waals surface area contributed by atoms with Crippen molar-refractivity contribution in [2.24, 2.45) is 27.1 Å². The van der Waals surface area contributed by atoms with Gasteiger partial charge in [0.05, 0.1) is 25.2 Å². The van der Waals surface area contributed by atoms with E-state index in [1.807, 2.05) is 30.3 Å². The minimum atomic E-state index is -4.02. The highest BCUT2D eigenvalue weighted by Crippen LogP contribution is 2.46. The van der Waals surface area contributed by atoms with E-state index in [9.17, 15) is 29.5 Å². The Morgan fingerprint density at radius 1 is 1.29 bits per heavy atom. The summed E-state index contributed by atoms with van der Waals surface area (Å²) in [5.74, 6) is -1.20. The second kappa shape index (κ2) is 13.0. The molecule has 42 heavy (non-hydrogen) atoms. The van der Waals surface area contributed by atoms with E-state index in [4.69, 9.17) is 19.5 Å². The Labute approximate surface area is 247 Å². The van der Waals surface area contributed by atoms with Crippen molar-refractivity contribution in [3.05, 3.63) is 48.2 Å². The number of rotatable bonds is 13. The fourth-order valence-electron chi connectivity index (χ4n) is 4.36. The maximum Gasteiger partial charge on any atom is 0.405 e. The van der Waals surface area contributed by atoms with Crippen LogP contribution in [0.5, 0.6) is 0 Å². The first-order valence-electron chi connectivity index (χ1n) is 13.2. The molecule has 1 saturated heterocycles. The zero-order valence-electron chi connectivity index (χ0n) is 23.5. The molecule has 0 radical (unpaired) electrons. The number of amides is 1. The van der Waals surface area contributed by atoms with Gasteiger partial charge in [-0.05, 0) is 32.4 Å². The van der Waals surface area contributed by atoms with Gasteiger partial charge in [-0.3, -0.25) is 18.6 Å². The van der Waals surface area contributed by atoms with Gasteiger partial charge in [0, 0.05) is 18.5 Å². The summed E-state index contributed by atoms with van der Waals surface area (Å²) in [4.78, 5) is 33.7. The quantitative estimate of drug-likeness (QED) is 0.152. The number of nitrogens with one attached hydrogen (secondary N) is 1. The second-order valence-electron chi connectivity index (χ2n) is 10.8. The summed E-state index contributed by atoms with van der Waals surface area (Å²) in [6, 6.07) is 9.12. The average molecular weight is 626 g/mol. The van der Waals surface area contributed by atoms with Crippen LogP contribution >= 0.6 is 19.5 Å². The van der Waals surface area contributed by atoms with Crippen LogP contribution < -0.4 is 10.8 Å². The van der Waals surface area contributed by atoms with E-state index in [2.05, 4.69) is 15.1 Å². The van der Waals surface area contributed by atoms with Crippen molar-refractivity contribution in [2.45, 2.75) is 51.4 Å². The highest BCUT2D eigenvalue weighted by molar-refractivity contribution is 8.13. The Morgan fingerprint density at radius 3 is 2.69 bits per heavy atom. The van der Waals surface area contributed by atoms with Crippen LogP contribution in [0, 0.1) is 11.3 Å². The Morgan fingerprint density at radius 2 is 2.00 bits per heavy atom. The number of benzene rings is 1. The van der Waals surface area contributed by atoms with Crippen molar-refractivity contribution in [3.63, 3.8) is 0 Å². The van der Waals surface area contributed by atoms with E-state index in [0.29, 0.717) is 0 Å². The minimum Gasteiger partial charge on any atom is -0.395 e. The van der Waals surface area contributed by atoms with Crippen LogP contribution in [0.1, 0.15) is 26.3 Å². The van der Waals surface area contributed by atoms with E-state index in [0.717, 1.165) is 17.3 Å². The lowest BCUT2D eigenvalue weighted by atomic mass is 9.96. The van der Waals surface area contributed by atoms with Gasteiger partial charge in [-0.15, -0.1) is 0 Å². The molecule has 1 aromatic rings. The van der Waals surface area contributed by atoms with E-state index < -0.39 is 55.6 Å². The van der Waals surface area contributed by atoms with Gasteiger partial charge >= 0.3 is 7.75 Å². The largest absolute Gasteiger partial charge is 0.405 e. The first-order chi connectivity index (χ1) is 19.8. The van der Waals surface area contributed by atoms with Gasteiger partial charge in [0.2, 0.25) is 5.96 Å². The van der Waals surface area contributed by atoms with Gasteiger partial charge in [0.15, 0.2) is 11.3 Å². The van der Waals surface area contributed by atoms with Gasteiger partial charge in [-0.1, -0.05) is 42.1 Å². The summed E-state index contributed by atoms with van der Waals surface area (Å²) < 4.78 is 30.9. The number of amidine groups is 1. The molecule has 0 aliphatic carbocycles. The van der Waals surface area contributed by atoms with Crippen molar-refractivity contribution in [2.75, 3.05) is 25.6 Å². The van der Waals surface area contributed by atoms with E-state index in [-0.39, 0.29) is 42.4 Å². The number of nitrogens with zero attached hydrogens (tertiary/aromatic N) is 3. The molecule has 0 spiro atoms. The summed E-state index contributed by atoms with van der Waals surface area (Å²) in [6.07, 6.45) is -0.795. The van der Waals surface area contributed by atoms with E-state index in [1.54, 1.807) is 13.8 Å². The zero-order valence-corrected chi connectivity index (χ0v) is 25.2. The lowest BCUT2D eigenvalue weighted by molar-refractivity contribution is -0.120. The molecule has 16 heteroatoms. The predicted octanol–water partition coefficient (Wildman–Crippen LogP) is 0.732. The number of carbonyl (C=O) groups is 2. The van der Waals surface area contributed by atoms with Crippen LogP contribution in [0.2, 0.25) is 0 Å². The Balaban J connectivity index is 1.42. The van der Waals surface area contributed by atoms with Crippen LogP contribution in [0.15, 0.2) is 52.6 Å². The monoisotopic (exact) mass is 625 g/mol. The highest BCUT2D eigenvalue weighted by atomic mass is 32.2. The number of hydrogen-bond acceptors (Lipinski definition) is 13. The Hall–Kier alpha value is -2.46. The van der Waals surface area contributed by atoms with Gasteiger partial charge in [-0.25, -0.2) is 9.65 Å². The van der Waals surface area contributed by atoms with Gasteiger partial charge in [0.25, 0.3) is 5.91 Å². The highest BCUT2D eigenvalue weighted by Gasteiger charge is 2.56.